The molecule has 1 amide bonds. The number of esters is 1. The first-order valence-electron chi connectivity index (χ1n) is 9.45. The number of benzene rings is 1. The summed E-state index contributed by atoms with van der Waals surface area (Å²) in [5.74, 6) is -1.46. The summed E-state index contributed by atoms with van der Waals surface area (Å²) in [6, 6.07) is 3.08. The van der Waals surface area contributed by atoms with Crippen LogP contribution in [0, 0.1) is 17.0 Å². The number of amides is 1. The quantitative estimate of drug-likeness (QED) is 0.737. The summed E-state index contributed by atoms with van der Waals surface area (Å²) in [7, 11) is 0. The summed E-state index contributed by atoms with van der Waals surface area (Å²) in [6.45, 7) is 6.28. The number of rotatable bonds is 5. The SMILES string of the molecule is CCOC(=O)[C@@H](C)N1CCC2(CC1)CC(=O)N(Cc1cc(F)cc(F)c1)C2. The number of hydrogen-bond acceptors (Lipinski definition) is 4. The maximum atomic E-state index is 13.4. The third-order valence-corrected chi connectivity index (χ3v) is 5.74. The number of likely N-dealkylation sites (tertiary alicyclic amines) is 2. The lowest BCUT2D eigenvalue weighted by Crippen LogP contribution is -2.48. The Bertz CT molecular complexity index is 697. The Labute approximate surface area is 158 Å². The van der Waals surface area contributed by atoms with Gasteiger partial charge in [0.25, 0.3) is 0 Å². The van der Waals surface area contributed by atoms with Crippen molar-refractivity contribution < 1.29 is 23.1 Å². The lowest BCUT2D eigenvalue weighted by atomic mass is 9.77. The fourth-order valence-corrected chi connectivity index (χ4v) is 4.18. The van der Waals surface area contributed by atoms with Crippen LogP contribution in [-0.2, 0) is 20.9 Å². The van der Waals surface area contributed by atoms with Crippen molar-refractivity contribution in [2.45, 2.75) is 45.7 Å². The van der Waals surface area contributed by atoms with E-state index in [0.29, 0.717) is 25.1 Å². The van der Waals surface area contributed by atoms with Gasteiger partial charge in [0.2, 0.25) is 5.91 Å². The zero-order valence-corrected chi connectivity index (χ0v) is 15.8. The van der Waals surface area contributed by atoms with Crippen LogP contribution in [0.3, 0.4) is 0 Å². The van der Waals surface area contributed by atoms with E-state index < -0.39 is 11.6 Å². The largest absolute Gasteiger partial charge is 0.465 e. The zero-order chi connectivity index (χ0) is 19.6. The van der Waals surface area contributed by atoms with Crippen LogP contribution in [0.2, 0.25) is 0 Å². The molecule has 2 aliphatic heterocycles. The van der Waals surface area contributed by atoms with Crippen LogP contribution in [0.5, 0.6) is 0 Å². The van der Waals surface area contributed by atoms with Gasteiger partial charge in [-0.15, -0.1) is 0 Å². The van der Waals surface area contributed by atoms with Gasteiger partial charge in [-0.25, -0.2) is 8.78 Å². The lowest BCUT2D eigenvalue weighted by Gasteiger charge is -2.40. The smallest absolute Gasteiger partial charge is 0.323 e. The fourth-order valence-electron chi connectivity index (χ4n) is 4.18. The topological polar surface area (TPSA) is 49.9 Å². The molecule has 0 aromatic heterocycles. The van der Waals surface area contributed by atoms with E-state index in [9.17, 15) is 18.4 Å². The Balaban J connectivity index is 1.60. The monoisotopic (exact) mass is 380 g/mol. The van der Waals surface area contributed by atoms with Crippen LogP contribution in [0.1, 0.15) is 38.7 Å². The van der Waals surface area contributed by atoms with Crippen molar-refractivity contribution in [1.82, 2.24) is 9.80 Å². The van der Waals surface area contributed by atoms with Gasteiger partial charge < -0.3 is 9.64 Å². The summed E-state index contributed by atoms with van der Waals surface area (Å²) < 4.78 is 31.9. The molecule has 0 bridgehead atoms. The third kappa shape index (κ3) is 4.46. The van der Waals surface area contributed by atoms with Gasteiger partial charge in [0, 0.05) is 25.6 Å². The van der Waals surface area contributed by atoms with E-state index in [4.69, 9.17) is 4.74 Å². The van der Waals surface area contributed by atoms with Gasteiger partial charge in [0.1, 0.15) is 17.7 Å². The van der Waals surface area contributed by atoms with Crippen molar-refractivity contribution in [3.05, 3.63) is 35.4 Å². The highest BCUT2D eigenvalue weighted by Crippen LogP contribution is 2.41. The molecule has 3 rings (SSSR count). The molecule has 1 atom stereocenters. The highest BCUT2D eigenvalue weighted by Gasteiger charge is 2.45. The molecular weight excluding hydrogens is 354 g/mol. The van der Waals surface area contributed by atoms with Gasteiger partial charge in [-0.05, 0) is 62.9 Å². The van der Waals surface area contributed by atoms with Gasteiger partial charge in [-0.2, -0.15) is 0 Å². The van der Waals surface area contributed by atoms with Crippen LogP contribution in [0.25, 0.3) is 0 Å². The number of nitrogens with zero attached hydrogens (tertiary/aromatic N) is 2. The van der Waals surface area contributed by atoms with Crippen LogP contribution in [-0.4, -0.2) is 54.0 Å². The van der Waals surface area contributed by atoms with Gasteiger partial charge in [-0.3, -0.25) is 14.5 Å². The van der Waals surface area contributed by atoms with Crippen molar-refractivity contribution in [2.75, 3.05) is 26.2 Å². The molecule has 1 aromatic carbocycles. The van der Waals surface area contributed by atoms with Crippen molar-refractivity contribution in [2.24, 2.45) is 5.41 Å². The highest BCUT2D eigenvalue weighted by molar-refractivity contribution is 5.79. The van der Waals surface area contributed by atoms with Crippen LogP contribution in [0.15, 0.2) is 18.2 Å². The molecular formula is C20H26F2N2O3. The normalized spacial score (nSPS) is 20.9. The molecule has 2 saturated heterocycles. The first kappa shape index (κ1) is 19.7. The second kappa shape index (κ2) is 7.92. The molecule has 0 radical (unpaired) electrons. The summed E-state index contributed by atoms with van der Waals surface area (Å²) in [5, 5.41) is 0. The number of carbonyl (C=O) groups is 2. The van der Waals surface area contributed by atoms with Gasteiger partial charge in [-0.1, -0.05) is 0 Å². The van der Waals surface area contributed by atoms with E-state index >= 15 is 0 Å². The third-order valence-electron chi connectivity index (χ3n) is 5.74. The van der Waals surface area contributed by atoms with E-state index in [0.717, 1.165) is 32.0 Å². The minimum atomic E-state index is -0.632. The summed E-state index contributed by atoms with van der Waals surface area (Å²) in [5.41, 5.74) is 0.347. The summed E-state index contributed by atoms with van der Waals surface area (Å²) in [6.07, 6.45) is 2.08. The second-order valence-electron chi connectivity index (χ2n) is 7.67. The van der Waals surface area contributed by atoms with E-state index in [-0.39, 0.29) is 29.9 Å². The lowest BCUT2D eigenvalue weighted by molar-refractivity contribution is -0.149. The number of piperidine rings is 1. The summed E-state index contributed by atoms with van der Waals surface area (Å²) >= 11 is 0. The molecule has 5 nitrogen and oxygen atoms in total. The Morgan fingerprint density at radius 2 is 1.85 bits per heavy atom. The molecule has 27 heavy (non-hydrogen) atoms. The Hall–Kier alpha value is -2.02. The second-order valence-corrected chi connectivity index (χ2v) is 7.67. The predicted octanol–water partition coefficient (Wildman–Crippen LogP) is 2.73. The minimum absolute atomic E-state index is 0.0200. The molecule has 0 aliphatic carbocycles. The van der Waals surface area contributed by atoms with E-state index in [1.165, 1.54) is 12.1 Å². The highest BCUT2D eigenvalue weighted by atomic mass is 19.1. The van der Waals surface area contributed by atoms with Crippen LogP contribution < -0.4 is 0 Å². The van der Waals surface area contributed by atoms with Gasteiger partial charge in [0.15, 0.2) is 0 Å². The standard InChI is InChI=1S/C20H26F2N2O3/c1-3-27-19(26)14(2)23-6-4-20(5-7-23)11-18(25)24(13-20)12-15-8-16(21)10-17(22)9-15/h8-10,14H,3-7,11-13H2,1-2H3/t14-/m1/s1. The minimum Gasteiger partial charge on any atom is -0.465 e. The van der Waals surface area contributed by atoms with Crippen molar-refractivity contribution in [1.29, 1.82) is 0 Å². The average molecular weight is 380 g/mol. The molecule has 2 heterocycles. The van der Waals surface area contributed by atoms with Crippen molar-refractivity contribution in [3.63, 3.8) is 0 Å². The van der Waals surface area contributed by atoms with Crippen LogP contribution >= 0.6 is 0 Å². The van der Waals surface area contributed by atoms with Crippen LogP contribution in [0.4, 0.5) is 8.78 Å². The van der Waals surface area contributed by atoms with Crippen molar-refractivity contribution in [3.8, 4) is 0 Å². The number of hydrogen-bond donors (Lipinski definition) is 0. The number of carbonyl (C=O) groups excluding carboxylic acids is 2. The Kier molecular flexibility index (Phi) is 5.79. The Morgan fingerprint density at radius 1 is 1.22 bits per heavy atom. The molecule has 0 N–H and O–H groups in total. The number of ether oxygens (including phenoxy) is 1. The first-order chi connectivity index (χ1) is 12.8. The van der Waals surface area contributed by atoms with Crippen molar-refractivity contribution >= 4 is 11.9 Å². The van der Waals surface area contributed by atoms with E-state index in [1.807, 2.05) is 6.92 Å². The molecule has 1 spiro atoms. The van der Waals surface area contributed by atoms with E-state index in [2.05, 4.69) is 4.90 Å². The number of halogens is 2. The predicted molar refractivity (Wildman–Crippen MR) is 95.7 cm³/mol. The molecule has 0 unspecified atom stereocenters. The zero-order valence-electron chi connectivity index (χ0n) is 15.8. The summed E-state index contributed by atoms with van der Waals surface area (Å²) in [4.78, 5) is 28.2. The van der Waals surface area contributed by atoms with Gasteiger partial charge >= 0.3 is 5.97 Å². The van der Waals surface area contributed by atoms with E-state index in [1.54, 1.807) is 11.8 Å². The molecule has 148 valence electrons. The molecule has 2 aliphatic rings. The average Bonchev–Trinajstić information content (AvgIpc) is 2.89. The molecule has 0 saturated carbocycles. The first-order valence-corrected chi connectivity index (χ1v) is 9.45. The molecule has 7 heteroatoms. The molecule has 2 fully saturated rings. The fraction of sp³-hybridized carbons (Fsp3) is 0.600. The Morgan fingerprint density at radius 3 is 2.44 bits per heavy atom. The maximum Gasteiger partial charge on any atom is 0.323 e. The molecule has 1 aromatic rings. The van der Waals surface area contributed by atoms with Gasteiger partial charge in [0.05, 0.1) is 6.61 Å². The maximum absolute atomic E-state index is 13.4.